The molecule has 0 radical (unpaired) electrons. The van der Waals surface area contributed by atoms with E-state index in [1.165, 1.54) is 35.3 Å². The van der Waals surface area contributed by atoms with Crippen molar-refractivity contribution in [1.82, 2.24) is 10.2 Å². The minimum absolute atomic E-state index is 0.681. The van der Waals surface area contributed by atoms with Crippen LogP contribution in [0.4, 0.5) is 0 Å². The van der Waals surface area contributed by atoms with Gasteiger partial charge in [0.15, 0.2) is 0 Å². The van der Waals surface area contributed by atoms with E-state index in [4.69, 9.17) is 4.42 Å². The average Bonchev–Trinajstić information content (AvgIpc) is 3.14. The van der Waals surface area contributed by atoms with Crippen molar-refractivity contribution in [2.24, 2.45) is 0 Å². The average molecular weight is 296 g/mol. The van der Waals surface area contributed by atoms with E-state index < -0.39 is 0 Å². The van der Waals surface area contributed by atoms with Crippen molar-refractivity contribution >= 4 is 11.3 Å². The predicted molar refractivity (Wildman–Crippen MR) is 83.5 cm³/mol. The van der Waals surface area contributed by atoms with Crippen LogP contribution in [-0.4, -0.2) is 10.2 Å². The van der Waals surface area contributed by atoms with Gasteiger partial charge in [0, 0.05) is 10.3 Å². The lowest BCUT2D eigenvalue weighted by atomic mass is 9.96. The van der Waals surface area contributed by atoms with Crippen LogP contribution in [0.1, 0.15) is 34.7 Å². The molecule has 1 aliphatic rings. The second-order valence-electron chi connectivity index (χ2n) is 5.42. The zero-order chi connectivity index (χ0) is 14.1. The molecule has 0 unspecified atom stereocenters. The summed E-state index contributed by atoms with van der Waals surface area (Å²) in [6, 6.07) is 10.2. The van der Waals surface area contributed by atoms with Crippen LogP contribution in [0, 0.1) is 0 Å². The molecule has 0 fully saturated rings. The van der Waals surface area contributed by atoms with E-state index in [0.29, 0.717) is 18.2 Å². The van der Waals surface area contributed by atoms with Gasteiger partial charge in [-0.2, -0.15) is 0 Å². The van der Waals surface area contributed by atoms with Crippen LogP contribution in [0.3, 0.4) is 0 Å². The van der Waals surface area contributed by atoms with Gasteiger partial charge in [0.25, 0.3) is 0 Å². The summed E-state index contributed by atoms with van der Waals surface area (Å²) in [6.45, 7) is 0. The molecule has 1 aromatic carbocycles. The first kappa shape index (κ1) is 12.8. The number of benzene rings is 1. The fourth-order valence-electron chi connectivity index (χ4n) is 2.88. The summed E-state index contributed by atoms with van der Waals surface area (Å²) in [7, 11) is 0. The predicted octanol–water partition coefficient (Wildman–Crippen LogP) is 4.27. The maximum Gasteiger partial charge on any atom is 0.248 e. The first-order valence-corrected chi connectivity index (χ1v) is 8.24. The summed E-state index contributed by atoms with van der Waals surface area (Å²) in [6.07, 6.45) is 5.60. The Morgan fingerprint density at radius 2 is 1.90 bits per heavy atom. The van der Waals surface area contributed by atoms with Crippen LogP contribution in [-0.2, 0) is 19.3 Å². The number of rotatable bonds is 3. The fourth-order valence-corrected chi connectivity index (χ4v) is 4.00. The van der Waals surface area contributed by atoms with E-state index in [1.54, 1.807) is 0 Å². The topological polar surface area (TPSA) is 38.9 Å². The summed E-state index contributed by atoms with van der Waals surface area (Å²) in [5.74, 6) is 1.37. The van der Waals surface area contributed by atoms with Gasteiger partial charge in [-0.05, 0) is 36.8 Å². The number of aryl methyl sites for hydroxylation is 1. The Labute approximate surface area is 127 Å². The Morgan fingerprint density at radius 1 is 1.05 bits per heavy atom. The highest BCUT2D eigenvalue weighted by Crippen LogP contribution is 2.35. The maximum atomic E-state index is 5.88. The fraction of sp³-hybridized carbons (Fsp3) is 0.294. The zero-order valence-electron chi connectivity index (χ0n) is 11.7. The van der Waals surface area contributed by atoms with E-state index >= 15 is 0 Å². The maximum absolute atomic E-state index is 5.88. The molecule has 0 saturated heterocycles. The first-order chi connectivity index (χ1) is 10.4. The number of aromatic nitrogens is 2. The molecule has 2 heterocycles. The van der Waals surface area contributed by atoms with Gasteiger partial charge in [0.05, 0.1) is 12.0 Å². The molecular weight excluding hydrogens is 280 g/mol. The molecule has 0 aliphatic heterocycles. The molecule has 0 spiro atoms. The van der Waals surface area contributed by atoms with Gasteiger partial charge in [0.2, 0.25) is 11.8 Å². The second kappa shape index (κ2) is 5.45. The van der Waals surface area contributed by atoms with Crippen molar-refractivity contribution < 1.29 is 4.42 Å². The largest absolute Gasteiger partial charge is 0.420 e. The van der Waals surface area contributed by atoms with E-state index in [2.05, 4.69) is 27.7 Å². The summed E-state index contributed by atoms with van der Waals surface area (Å²) < 4.78 is 5.88. The lowest BCUT2D eigenvalue weighted by Crippen LogP contribution is -1.99. The first-order valence-electron chi connectivity index (χ1n) is 7.36. The highest BCUT2D eigenvalue weighted by atomic mass is 32.1. The smallest absolute Gasteiger partial charge is 0.248 e. The number of hydrogen-bond donors (Lipinski definition) is 0. The Kier molecular flexibility index (Phi) is 3.31. The number of fused-ring (bicyclic) bond motifs is 1. The molecule has 0 atom stereocenters. The van der Waals surface area contributed by atoms with Crippen molar-refractivity contribution in [1.29, 1.82) is 0 Å². The monoisotopic (exact) mass is 296 g/mol. The van der Waals surface area contributed by atoms with Gasteiger partial charge < -0.3 is 4.42 Å². The summed E-state index contributed by atoms with van der Waals surface area (Å²) >= 11 is 1.83. The third kappa shape index (κ3) is 2.51. The molecule has 0 N–H and O–H groups in total. The van der Waals surface area contributed by atoms with Crippen LogP contribution < -0.4 is 0 Å². The lowest BCUT2D eigenvalue weighted by Gasteiger charge is -2.10. The van der Waals surface area contributed by atoms with Crippen LogP contribution in [0.5, 0.6) is 0 Å². The molecule has 106 valence electrons. The van der Waals surface area contributed by atoms with E-state index in [0.717, 1.165) is 12.0 Å². The highest BCUT2D eigenvalue weighted by molar-refractivity contribution is 7.10. The van der Waals surface area contributed by atoms with Gasteiger partial charge in [-0.25, -0.2) is 0 Å². The minimum atomic E-state index is 0.681. The highest BCUT2D eigenvalue weighted by Gasteiger charge is 2.20. The van der Waals surface area contributed by atoms with Crippen molar-refractivity contribution in [2.75, 3.05) is 0 Å². The third-order valence-electron chi connectivity index (χ3n) is 3.96. The van der Waals surface area contributed by atoms with Gasteiger partial charge in [-0.3, -0.25) is 0 Å². The Hall–Kier alpha value is -1.94. The van der Waals surface area contributed by atoms with Crippen LogP contribution in [0.25, 0.3) is 11.5 Å². The summed E-state index contributed by atoms with van der Waals surface area (Å²) in [4.78, 5) is 1.50. The molecule has 0 amide bonds. The third-order valence-corrected chi connectivity index (χ3v) is 5.05. The quantitative estimate of drug-likeness (QED) is 0.724. The number of thiophene rings is 1. The Balaban J connectivity index is 1.61. The summed E-state index contributed by atoms with van der Waals surface area (Å²) in [5.41, 5.74) is 3.78. The van der Waals surface area contributed by atoms with Gasteiger partial charge >= 0.3 is 0 Å². The van der Waals surface area contributed by atoms with Crippen molar-refractivity contribution in [3.8, 4) is 11.5 Å². The normalized spacial score (nSPS) is 14.1. The molecule has 0 saturated carbocycles. The number of nitrogens with zero attached hydrogens (tertiary/aromatic N) is 2. The van der Waals surface area contributed by atoms with E-state index in [-0.39, 0.29) is 0 Å². The summed E-state index contributed by atoms with van der Waals surface area (Å²) in [5, 5.41) is 10.6. The van der Waals surface area contributed by atoms with Crippen LogP contribution in [0.2, 0.25) is 0 Å². The van der Waals surface area contributed by atoms with Gasteiger partial charge in [0.1, 0.15) is 0 Å². The number of hydrogen-bond acceptors (Lipinski definition) is 4. The van der Waals surface area contributed by atoms with E-state index in [9.17, 15) is 0 Å². The molecule has 2 aromatic heterocycles. The van der Waals surface area contributed by atoms with Crippen molar-refractivity contribution in [2.45, 2.75) is 32.1 Å². The standard InChI is InChI=1S/C17H16N2OS/c1-2-6-12(7-3-1)10-16-18-19-17(20-16)14-11-21-15-9-5-4-8-13(14)15/h1-3,6-7,11H,4-5,8-10H2. The molecular formula is C17H16N2OS. The molecule has 0 bridgehead atoms. The Morgan fingerprint density at radius 3 is 2.81 bits per heavy atom. The molecule has 4 rings (SSSR count). The van der Waals surface area contributed by atoms with Gasteiger partial charge in [-0.1, -0.05) is 30.3 Å². The minimum Gasteiger partial charge on any atom is -0.420 e. The van der Waals surface area contributed by atoms with Gasteiger partial charge in [-0.15, -0.1) is 21.5 Å². The van der Waals surface area contributed by atoms with Crippen LogP contribution >= 0.6 is 11.3 Å². The van der Waals surface area contributed by atoms with Crippen LogP contribution in [0.15, 0.2) is 40.1 Å². The molecule has 3 nitrogen and oxygen atoms in total. The SMILES string of the molecule is c1ccc(Cc2nnc(-c3csc4c3CCCC4)o2)cc1. The van der Waals surface area contributed by atoms with Crippen molar-refractivity contribution in [3.63, 3.8) is 0 Å². The van der Waals surface area contributed by atoms with E-state index in [1.807, 2.05) is 29.5 Å². The molecule has 3 aromatic rings. The molecule has 4 heteroatoms. The van der Waals surface area contributed by atoms with Crippen molar-refractivity contribution in [3.05, 3.63) is 57.6 Å². The Bertz CT molecular complexity index is 745. The molecule has 21 heavy (non-hydrogen) atoms. The molecule has 1 aliphatic carbocycles. The zero-order valence-corrected chi connectivity index (χ0v) is 12.5. The lowest BCUT2D eigenvalue weighted by molar-refractivity contribution is 0.517. The second-order valence-corrected chi connectivity index (χ2v) is 6.39.